The van der Waals surface area contributed by atoms with E-state index in [9.17, 15) is 4.79 Å². The zero-order valence-electron chi connectivity index (χ0n) is 7.45. The Morgan fingerprint density at radius 2 is 2.23 bits per heavy atom. The molecule has 1 aromatic heterocycles. The van der Waals surface area contributed by atoms with Gasteiger partial charge in [-0.3, -0.25) is 4.79 Å². The summed E-state index contributed by atoms with van der Waals surface area (Å²) in [5.74, 6) is -0.171. The molecule has 0 saturated carbocycles. The van der Waals surface area contributed by atoms with E-state index >= 15 is 0 Å². The molecular weight excluding hydrogens is 190 g/mol. The molecule has 0 aliphatic rings. The first kappa shape index (κ1) is 9.99. The molecule has 1 heterocycles. The van der Waals surface area contributed by atoms with Crippen LogP contribution in [0.2, 0.25) is 5.02 Å². The van der Waals surface area contributed by atoms with E-state index in [0.717, 1.165) is 0 Å². The lowest BCUT2D eigenvalue weighted by Crippen LogP contribution is -2.15. The second-order valence-corrected chi connectivity index (χ2v) is 3.33. The smallest absolute Gasteiger partial charge is 0.315 e. The van der Waals surface area contributed by atoms with E-state index in [1.54, 1.807) is 26.0 Å². The fourth-order valence-corrected chi connectivity index (χ4v) is 0.755. The largest absolute Gasteiger partial charge is 0.407 e. The fraction of sp³-hybridized carbons (Fsp3) is 0.333. The summed E-state index contributed by atoms with van der Waals surface area (Å²) in [6.45, 7) is 3.52. The predicted octanol–water partition coefficient (Wildman–Crippen LogP) is 2.30. The van der Waals surface area contributed by atoms with Crippen molar-refractivity contribution in [2.24, 2.45) is 5.92 Å². The Balaban J connectivity index is 2.65. The van der Waals surface area contributed by atoms with Gasteiger partial charge in [0.1, 0.15) is 0 Å². The Hall–Kier alpha value is -1.09. The number of nitrogens with zero attached hydrogens (tertiary/aromatic N) is 1. The van der Waals surface area contributed by atoms with Gasteiger partial charge in [-0.25, -0.2) is 4.98 Å². The quantitative estimate of drug-likeness (QED) is 0.687. The fourth-order valence-electron chi connectivity index (χ4n) is 0.644. The van der Waals surface area contributed by atoms with Crippen LogP contribution in [0.5, 0.6) is 5.88 Å². The van der Waals surface area contributed by atoms with Crippen molar-refractivity contribution in [3.05, 3.63) is 23.4 Å². The molecule has 4 heteroatoms. The van der Waals surface area contributed by atoms with Crippen LogP contribution in [0.25, 0.3) is 0 Å². The molecule has 0 amide bonds. The highest BCUT2D eigenvalue weighted by molar-refractivity contribution is 6.30. The van der Waals surface area contributed by atoms with Crippen molar-refractivity contribution in [2.75, 3.05) is 0 Å². The van der Waals surface area contributed by atoms with Gasteiger partial charge < -0.3 is 4.74 Å². The van der Waals surface area contributed by atoms with Crippen LogP contribution in [-0.4, -0.2) is 11.0 Å². The van der Waals surface area contributed by atoms with Gasteiger partial charge in [0.05, 0.1) is 10.9 Å². The zero-order valence-corrected chi connectivity index (χ0v) is 8.21. The molecule has 1 rings (SSSR count). The third-order valence-corrected chi connectivity index (χ3v) is 1.60. The number of pyridine rings is 1. The summed E-state index contributed by atoms with van der Waals surface area (Å²) in [5, 5.41) is 0.518. The Bertz CT molecular complexity index is 295. The maximum absolute atomic E-state index is 11.1. The van der Waals surface area contributed by atoms with Crippen molar-refractivity contribution < 1.29 is 9.53 Å². The number of halogens is 1. The monoisotopic (exact) mass is 199 g/mol. The molecule has 3 nitrogen and oxygen atoms in total. The van der Waals surface area contributed by atoms with Crippen molar-refractivity contribution in [1.29, 1.82) is 0 Å². The summed E-state index contributed by atoms with van der Waals surface area (Å²) in [7, 11) is 0. The van der Waals surface area contributed by atoms with Crippen LogP contribution in [-0.2, 0) is 4.79 Å². The normalized spacial score (nSPS) is 10.2. The van der Waals surface area contributed by atoms with Crippen molar-refractivity contribution in [1.82, 2.24) is 4.98 Å². The molecule has 70 valence electrons. The maximum atomic E-state index is 11.1. The van der Waals surface area contributed by atoms with Crippen molar-refractivity contribution in [3.8, 4) is 5.88 Å². The van der Waals surface area contributed by atoms with E-state index in [-0.39, 0.29) is 17.8 Å². The minimum Gasteiger partial charge on any atom is -0.407 e. The van der Waals surface area contributed by atoms with Crippen LogP contribution >= 0.6 is 11.6 Å². The van der Waals surface area contributed by atoms with Crippen LogP contribution in [0.3, 0.4) is 0 Å². The molecule has 0 atom stereocenters. The summed E-state index contributed by atoms with van der Waals surface area (Å²) >= 11 is 5.61. The van der Waals surface area contributed by atoms with Gasteiger partial charge in [-0.05, 0) is 6.07 Å². The number of hydrogen-bond acceptors (Lipinski definition) is 3. The van der Waals surface area contributed by atoms with E-state index in [1.165, 1.54) is 6.20 Å². The molecule has 0 aromatic carbocycles. The SMILES string of the molecule is CC(C)C(=O)Oc1ccc(Cl)cn1. The van der Waals surface area contributed by atoms with E-state index in [1.807, 2.05) is 0 Å². The summed E-state index contributed by atoms with van der Waals surface area (Å²) in [6.07, 6.45) is 1.44. The Morgan fingerprint density at radius 1 is 1.54 bits per heavy atom. The molecule has 0 bridgehead atoms. The first-order valence-electron chi connectivity index (χ1n) is 3.93. The first-order valence-corrected chi connectivity index (χ1v) is 4.30. The minimum atomic E-state index is -0.296. The molecule has 0 fully saturated rings. The molecule has 0 saturated heterocycles. The zero-order chi connectivity index (χ0) is 9.84. The van der Waals surface area contributed by atoms with Gasteiger partial charge in [-0.2, -0.15) is 0 Å². The lowest BCUT2D eigenvalue weighted by molar-refractivity contribution is -0.138. The molecule has 0 aliphatic heterocycles. The summed E-state index contributed by atoms with van der Waals surface area (Å²) in [6, 6.07) is 3.18. The minimum absolute atomic E-state index is 0.155. The molecule has 1 aromatic rings. The van der Waals surface area contributed by atoms with Crippen LogP contribution in [0, 0.1) is 5.92 Å². The Labute approximate surface area is 81.7 Å². The van der Waals surface area contributed by atoms with Gasteiger partial charge in [0.25, 0.3) is 0 Å². The molecule has 0 unspecified atom stereocenters. The Morgan fingerprint density at radius 3 is 2.69 bits per heavy atom. The first-order chi connectivity index (χ1) is 6.09. The summed E-state index contributed by atoms with van der Waals surface area (Å²) < 4.78 is 4.92. The molecule has 0 N–H and O–H groups in total. The summed E-state index contributed by atoms with van der Waals surface area (Å²) in [5.41, 5.74) is 0. The number of hydrogen-bond donors (Lipinski definition) is 0. The molecule has 0 spiro atoms. The van der Waals surface area contributed by atoms with Crippen molar-refractivity contribution >= 4 is 17.6 Å². The number of carbonyl (C=O) groups is 1. The van der Waals surface area contributed by atoms with E-state index in [2.05, 4.69) is 4.98 Å². The average molecular weight is 200 g/mol. The lowest BCUT2D eigenvalue weighted by atomic mass is 10.2. The van der Waals surface area contributed by atoms with Gasteiger partial charge in [0.2, 0.25) is 5.88 Å². The second kappa shape index (κ2) is 4.23. The highest BCUT2D eigenvalue weighted by Gasteiger charge is 2.09. The topological polar surface area (TPSA) is 39.2 Å². The van der Waals surface area contributed by atoms with Crippen molar-refractivity contribution in [2.45, 2.75) is 13.8 Å². The maximum Gasteiger partial charge on any atom is 0.315 e. The molecular formula is C9H10ClNO2. The van der Waals surface area contributed by atoms with Gasteiger partial charge in [0.15, 0.2) is 0 Å². The summed E-state index contributed by atoms with van der Waals surface area (Å²) in [4.78, 5) is 14.9. The van der Waals surface area contributed by atoms with Gasteiger partial charge in [-0.1, -0.05) is 25.4 Å². The second-order valence-electron chi connectivity index (χ2n) is 2.89. The number of carbonyl (C=O) groups excluding carboxylic acids is 1. The van der Waals surface area contributed by atoms with Gasteiger partial charge in [0, 0.05) is 12.3 Å². The number of esters is 1. The van der Waals surface area contributed by atoms with Crippen LogP contribution in [0.15, 0.2) is 18.3 Å². The van der Waals surface area contributed by atoms with Crippen LogP contribution in [0.4, 0.5) is 0 Å². The Kier molecular flexibility index (Phi) is 3.25. The van der Waals surface area contributed by atoms with E-state index in [4.69, 9.17) is 16.3 Å². The third-order valence-electron chi connectivity index (χ3n) is 1.38. The molecule has 0 aliphatic carbocycles. The van der Waals surface area contributed by atoms with E-state index < -0.39 is 0 Å². The van der Waals surface area contributed by atoms with Gasteiger partial charge in [-0.15, -0.1) is 0 Å². The van der Waals surface area contributed by atoms with E-state index in [0.29, 0.717) is 5.02 Å². The molecule has 13 heavy (non-hydrogen) atoms. The average Bonchev–Trinajstić information content (AvgIpc) is 2.08. The lowest BCUT2D eigenvalue weighted by Gasteiger charge is -2.04. The van der Waals surface area contributed by atoms with Crippen LogP contribution in [0.1, 0.15) is 13.8 Å². The number of rotatable bonds is 2. The number of aromatic nitrogens is 1. The van der Waals surface area contributed by atoms with Gasteiger partial charge >= 0.3 is 5.97 Å². The third kappa shape index (κ3) is 3.03. The van der Waals surface area contributed by atoms with Crippen LogP contribution < -0.4 is 4.74 Å². The highest BCUT2D eigenvalue weighted by Crippen LogP contribution is 2.12. The standard InChI is InChI=1S/C9H10ClNO2/c1-6(2)9(12)13-8-4-3-7(10)5-11-8/h3-6H,1-2H3. The number of ether oxygens (including phenoxy) is 1. The van der Waals surface area contributed by atoms with Crippen molar-refractivity contribution in [3.63, 3.8) is 0 Å². The molecule has 0 radical (unpaired) electrons. The highest BCUT2D eigenvalue weighted by atomic mass is 35.5. The predicted molar refractivity (Wildman–Crippen MR) is 49.7 cm³/mol.